The van der Waals surface area contributed by atoms with Gasteiger partial charge in [-0.1, -0.05) is 83.1 Å². The Morgan fingerprint density at radius 1 is 0.500 bits per heavy atom. The molecule has 0 radical (unpaired) electrons. The van der Waals surface area contributed by atoms with Gasteiger partial charge in [0.25, 0.3) is 0 Å². The number of esters is 2. The van der Waals surface area contributed by atoms with Crippen molar-refractivity contribution in [2.24, 2.45) is 57.2 Å². The van der Waals surface area contributed by atoms with E-state index in [0.717, 1.165) is 64.2 Å². The van der Waals surface area contributed by atoms with Gasteiger partial charge < -0.3 is 19.7 Å². The predicted octanol–water partition coefficient (Wildman–Crippen LogP) is 9.38. The Morgan fingerprint density at radius 3 is 1.00 bits per heavy atom. The van der Waals surface area contributed by atoms with Crippen molar-refractivity contribution in [3.8, 4) is 0 Å². The molecule has 46 heavy (non-hydrogen) atoms. The summed E-state index contributed by atoms with van der Waals surface area (Å²) < 4.78 is 11.1. The summed E-state index contributed by atoms with van der Waals surface area (Å²) in [5, 5.41) is 22.3. The average molecular weight is 651 g/mol. The summed E-state index contributed by atoms with van der Waals surface area (Å²) in [5.41, 5.74) is 0.138. The number of ether oxygens (including phenoxy) is 2. The number of hydrogen-bond donors (Lipinski definition) is 2. The third kappa shape index (κ3) is 13.1. The van der Waals surface area contributed by atoms with Crippen molar-refractivity contribution in [3.63, 3.8) is 0 Å². The third-order valence-electron chi connectivity index (χ3n) is 11.5. The molecule has 0 amide bonds. The SMILES string of the molecule is CC(C)(C)C1CC(CCC(=O)OCCCCCCOC(=O)CCC2CC(C(C)(C)C)C(O)C(C(C)(C)C)C2)CC(C(C)(C)C)C1O. The Kier molecular flexibility index (Phi) is 15.2. The quantitative estimate of drug-likeness (QED) is 0.152. The van der Waals surface area contributed by atoms with Gasteiger partial charge in [0, 0.05) is 12.8 Å². The lowest BCUT2D eigenvalue weighted by molar-refractivity contribution is -0.146. The van der Waals surface area contributed by atoms with Crippen molar-refractivity contribution >= 4 is 11.9 Å². The molecule has 4 unspecified atom stereocenters. The van der Waals surface area contributed by atoms with Crippen LogP contribution in [-0.2, 0) is 19.1 Å². The molecule has 2 N–H and O–H groups in total. The van der Waals surface area contributed by atoms with E-state index in [1.165, 1.54) is 0 Å². The highest BCUT2D eigenvalue weighted by molar-refractivity contribution is 5.69. The van der Waals surface area contributed by atoms with Gasteiger partial charge in [-0.15, -0.1) is 0 Å². The molecule has 2 aliphatic carbocycles. The highest BCUT2D eigenvalue weighted by atomic mass is 16.5. The van der Waals surface area contributed by atoms with Gasteiger partial charge in [0.15, 0.2) is 0 Å². The Morgan fingerprint density at radius 2 is 0.761 bits per heavy atom. The highest BCUT2D eigenvalue weighted by Gasteiger charge is 2.47. The van der Waals surface area contributed by atoms with Crippen LogP contribution in [0.2, 0.25) is 0 Å². The fraction of sp³-hybridized carbons (Fsp3) is 0.950. The zero-order valence-electron chi connectivity index (χ0n) is 32.0. The summed E-state index contributed by atoms with van der Waals surface area (Å²) in [7, 11) is 0. The number of aliphatic hydroxyl groups is 2. The van der Waals surface area contributed by atoms with Gasteiger partial charge >= 0.3 is 11.9 Å². The van der Waals surface area contributed by atoms with Crippen LogP contribution in [0.25, 0.3) is 0 Å². The first-order valence-corrected chi connectivity index (χ1v) is 18.7. The van der Waals surface area contributed by atoms with E-state index in [1.54, 1.807) is 0 Å². The summed E-state index contributed by atoms with van der Waals surface area (Å²) in [6.07, 6.45) is 9.35. The van der Waals surface area contributed by atoms with Crippen molar-refractivity contribution in [1.29, 1.82) is 0 Å². The average Bonchev–Trinajstić information content (AvgIpc) is 2.90. The maximum atomic E-state index is 12.5. The monoisotopic (exact) mass is 651 g/mol. The molecule has 0 saturated heterocycles. The molecular weight excluding hydrogens is 576 g/mol. The largest absolute Gasteiger partial charge is 0.466 e. The van der Waals surface area contributed by atoms with Crippen LogP contribution in [0.4, 0.5) is 0 Å². The Labute approximate surface area is 283 Å². The summed E-state index contributed by atoms with van der Waals surface area (Å²) in [6, 6.07) is 0. The summed E-state index contributed by atoms with van der Waals surface area (Å²) in [5.74, 6) is 1.58. The molecule has 6 heteroatoms. The molecular formula is C40H74O6. The van der Waals surface area contributed by atoms with Crippen LogP contribution in [0, 0.1) is 57.2 Å². The summed E-state index contributed by atoms with van der Waals surface area (Å²) in [4.78, 5) is 25.0. The molecule has 0 aliphatic heterocycles. The van der Waals surface area contributed by atoms with Gasteiger partial charge in [0.05, 0.1) is 25.4 Å². The third-order valence-corrected chi connectivity index (χ3v) is 11.5. The predicted molar refractivity (Wildman–Crippen MR) is 188 cm³/mol. The number of carbonyl (C=O) groups is 2. The number of carbonyl (C=O) groups excluding carboxylic acids is 2. The van der Waals surface area contributed by atoms with E-state index in [1.807, 2.05) is 0 Å². The van der Waals surface area contributed by atoms with Crippen molar-refractivity contribution in [1.82, 2.24) is 0 Å². The maximum absolute atomic E-state index is 12.5. The first-order valence-electron chi connectivity index (χ1n) is 18.7. The zero-order valence-corrected chi connectivity index (χ0v) is 32.0. The Hall–Kier alpha value is -1.14. The Bertz CT molecular complexity index is 805. The standard InChI is InChI=1S/C40H74O6/c1-37(2,3)29-23-27(24-30(35(29)43)38(4,5)6)17-19-33(41)45-21-15-13-14-16-22-46-34(42)20-18-28-25-31(39(7,8)9)36(44)32(26-28)40(10,11)12/h27-32,35-36,43-44H,13-26H2,1-12H3. The van der Waals surface area contributed by atoms with Crippen LogP contribution >= 0.6 is 0 Å². The smallest absolute Gasteiger partial charge is 0.305 e. The fourth-order valence-electron chi connectivity index (χ4n) is 8.40. The van der Waals surface area contributed by atoms with Gasteiger partial charge in [0.1, 0.15) is 0 Å². The zero-order chi connectivity index (χ0) is 35.1. The second kappa shape index (κ2) is 17.0. The molecule has 2 fully saturated rings. The minimum Gasteiger partial charge on any atom is -0.466 e. The van der Waals surface area contributed by atoms with Crippen LogP contribution in [0.3, 0.4) is 0 Å². The lowest BCUT2D eigenvalue weighted by atomic mass is 9.58. The lowest BCUT2D eigenvalue weighted by Crippen LogP contribution is -2.47. The summed E-state index contributed by atoms with van der Waals surface area (Å²) >= 11 is 0. The molecule has 0 bridgehead atoms. The maximum Gasteiger partial charge on any atom is 0.305 e. The van der Waals surface area contributed by atoms with Crippen LogP contribution in [0.1, 0.15) is 160 Å². The van der Waals surface area contributed by atoms with E-state index in [4.69, 9.17) is 9.47 Å². The van der Waals surface area contributed by atoms with Gasteiger partial charge in [-0.3, -0.25) is 9.59 Å². The fourth-order valence-corrected chi connectivity index (χ4v) is 8.40. The minimum absolute atomic E-state index is 0.0346. The van der Waals surface area contributed by atoms with Crippen molar-refractivity contribution in [2.45, 2.75) is 172 Å². The van der Waals surface area contributed by atoms with Crippen LogP contribution < -0.4 is 0 Å². The molecule has 0 aromatic rings. The number of aliphatic hydroxyl groups excluding tert-OH is 2. The van der Waals surface area contributed by atoms with Crippen LogP contribution in [-0.4, -0.2) is 47.6 Å². The summed E-state index contributed by atoms with van der Waals surface area (Å²) in [6.45, 7) is 27.5. The van der Waals surface area contributed by atoms with Gasteiger partial charge in [-0.25, -0.2) is 0 Å². The molecule has 0 aromatic carbocycles. The van der Waals surface area contributed by atoms with Crippen LogP contribution in [0.5, 0.6) is 0 Å². The van der Waals surface area contributed by atoms with Gasteiger partial charge in [0.2, 0.25) is 0 Å². The topological polar surface area (TPSA) is 93.1 Å². The molecule has 2 saturated carbocycles. The van der Waals surface area contributed by atoms with Gasteiger partial charge in [-0.05, 0) is 121 Å². The van der Waals surface area contributed by atoms with E-state index in [-0.39, 0.29) is 69.5 Å². The van der Waals surface area contributed by atoms with Crippen molar-refractivity contribution in [3.05, 3.63) is 0 Å². The number of hydrogen-bond acceptors (Lipinski definition) is 6. The normalized spacial score (nSPS) is 29.8. The van der Waals surface area contributed by atoms with E-state index in [0.29, 0.717) is 37.9 Å². The Balaban J connectivity index is 1.61. The van der Waals surface area contributed by atoms with Crippen molar-refractivity contribution < 1.29 is 29.3 Å². The number of rotatable bonds is 13. The lowest BCUT2D eigenvalue weighted by Gasteiger charge is -2.49. The first-order chi connectivity index (χ1) is 21.0. The molecule has 6 nitrogen and oxygen atoms in total. The molecule has 270 valence electrons. The van der Waals surface area contributed by atoms with E-state index < -0.39 is 0 Å². The second-order valence-electron chi connectivity index (χ2n) is 19.5. The van der Waals surface area contributed by atoms with Crippen molar-refractivity contribution in [2.75, 3.05) is 13.2 Å². The molecule has 2 aliphatic rings. The highest BCUT2D eigenvalue weighted by Crippen LogP contribution is 2.50. The minimum atomic E-state index is -0.299. The molecule has 2 rings (SSSR count). The molecule has 4 atom stereocenters. The first kappa shape index (κ1) is 41.0. The van der Waals surface area contributed by atoms with E-state index in [2.05, 4.69) is 83.1 Å². The molecule has 0 heterocycles. The van der Waals surface area contributed by atoms with E-state index >= 15 is 0 Å². The van der Waals surface area contributed by atoms with E-state index in [9.17, 15) is 19.8 Å². The van der Waals surface area contributed by atoms with Gasteiger partial charge in [-0.2, -0.15) is 0 Å². The molecule has 0 aromatic heterocycles. The molecule has 0 spiro atoms. The van der Waals surface area contributed by atoms with Crippen LogP contribution in [0.15, 0.2) is 0 Å². The second-order valence-corrected chi connectivity index (χ2v) is 19.5. The number of unbranched alkanes of at least 4 members (excludes halogenated alkanes) is 3.